The van der Waals surface area contributed by atoms with Gasteiger partial charge in [-0.25, -0.2) is 18.4 Å². The number of thiophene rings is 1. The fourth-order valence-electron chi connectivity index (χ4n) is 4.78. The van der Waals surface area contributed by atoms with Crippen molar-refractivity contribution in [2.45, 2.75) is 58.8 Å². The van der Waals surface area contributed by atoms with Gasteiger partial charge in [0, 0.05) is 49.9 Å². The molecule has 0 aliphatic carbocycles. The monoisotopic (exact) mass is 601 g/mol. The summed E-state index contributed by atoms with van der Waals surface area (Å²) in [5.41, 5.74) is -0.249. The lowest BCUT2D eigenvalue weighted by Gasteiger charge is -2.23. The lowest BCUT2D eigenvalue weighted by atomic mass is 10.1. The van der Waals surface area contributed by atoms with Gasteiger partial charge in [0.1, 0.15) is 33.5 Å². The zero-order valence-corrected chi connectivity index (χ0v) is 25.4. The van der Waals surface area contributed by atoms with E-state index in [4.69, 9.17) is 14.2 Å². The van der Waals surface area contributed by atoms with E-state index in [2.05, 4.69) is 10.4 Å². The minimum Gasteiger partial charge on any atom is -0.496 e. The molecule has 1 N–H and O–H groups in total. The fourth-order valence-corrected chi connectivity index (χ4v) is 6.02. The Balaban J connectivity index is 1.96. The van der Waals surface area contributed by atoms with Crippen LogP contribution < -0.4 is 21.3 Å². The minimum atomic E-state index is -1.10. The highest BCUT2D eigenvalue weighted by Gasteiger charge is 2.29. The normalized spacial score (nSPS) is 13.0. The summed E-state index contributed by atoms with van der Waals surface area (Å²) in [6, 6.07) is 4.56. The van der Waals surface area contributed by atoms with E-state index < -0.39 is 35.1 Å². The van der Waals surface area contributed by atoms with Crippen molar-refractivity contribution in [2.75, 3.05) is 27.4 Å². The Labute approximate surface area is 246 Å². The van der Waals surface area contributed by atoms with E-state index in [1.54, 1.807) is 51.0 Å². The number of rotatable bonds is 13. The van der Waals surface area contributed by atoms with Crippen molar-refractivity contribution < 1.29 is 23.4 Å². The number of nitrogens with one attached hydrogen (secondary N) is 1. The van der Waals surface area contributed by atoms with Gasteiger partial charge in [0.05, 0.1) is 19.0 Å². The molecule has 3 aromatic heterocycles. The third-order valence-electron chi connectivity index (χ3n) is 6.83. The summed E-state index contributed by atoms with van der Waals surface area (Å²) >= 11 is 1.23. The molecular formula is C29H36FN5O6S. The molecule has 11 nitrogen and oxygen atoms in total. The first-order valence-corrected chi connectivity index (χ1v) is 14.4. The van der Waals surface area contributed by atoms with Gasteiger partial charge in [0.25, 0.3) is 5.56 Å². The molecule has 0 spiro atoms. The molecule has 3 heterocycles. The largest absolute Gasteiger partial charge is 0.496 e. The topological polar surface area (TPSA) is 119 Å². The Kier molecular flexibility index (Phi) is 9.97. The van der Waals surface area contributed by atoms with Gasteiger partial charge in [-0.3, -0.25) is 14.2 Å². The van der Waals surface area contributed by atoms with Crippen LogP contribution in [0.15, 0.2) is 46.2 Å². The molecule has 4 aromatic rings. The average molecular weight is 602 g/mol. The maximum atomic E-state index is 14.5. The lowest BCUT2D eigenvalue weighted by molar-refractivity contribution is -0.124. The molecule has 42 heavy (non-hydrogen) atoms. The molecule has 2 atom stereocenters. The van der Waals surface area contributed by atoms with Crippen molar-refractivity contribution in [3.63, 3.8) is 0 Å². The first-order valence-electron chi connectivity index (χ1n) is 13.6. The number of methoxy groups -OCH3 is 2. The zero-order chi connectivity index (χ0) is 30.6. The third kappa shape index (κ3) is 6.32. The van der Waals surface area contributed by atoms with Crippen LogP contribution in [0.4, 0.5) is 4.39 Å². The predicted molar refractivity (Wildman–Crippen MR) is 158 cm³/mol. The summed E-state index contributed by atoms with van der Waals surface area (Å²) in [5, 5.41) is 8.04. The Morgan fingerprint density at radius 1 is 1.17 bits per heavy atom. The predicted octanol–water partition coefficient (Wildman–Crippen LogP) is 3.75. The van der Waals surface area contributed by atoms with Crippen molar-refractivity contribution in [1.82, 2.24) is 24.2 Å². The summed E-state index contributed by atoms with van der Waals surface area (Å²) in [7, 11) is 3.05. The van der Waals surface area contributed by atoms with Crippen molar-refractivity contribution in [3.8, 4) is 10.8 Å². The quantitative estimate of drug-likeness (QED) is 0.232. The van der Waals surface area contributed by atoms with Gasteiger partial charge < -0.3 is 19.5 Å². The Morgan fingerprint density at radius 2 is 1.93 bits per heavy atom. The fraction of sp³-hybridized carbons (Fsp3) is 0.448. The van der Waals surface area contributed by atoms with Gasteiger partial charge in [-0.1, -0.05) is 11.3 Å². The number of nitrogens with zero attached hydrogens (tertiary/aromatic N) is 4. The smallest absolute Gasteiger partial charge is 0.332 e. The van der Waals surface area contributed by atoms with Crippen LogP contribution >= 0.6 is 11.3 Å². The van der Waals surface area contributed by atoms with Crippen LogP contribution in [0.1, 0.15) is 50.5 Å². The summed E-state index contributed by atoms with van der Waals surface area (Å²) in [6.07, 6.45) is 3.09. The molecule has 0 aliphatic heterocycles. The first-order chi connectivity index (χ1) is 20.1. The maximum absolute atomic E-state index is 14.5. The highest BCUT2D eigenvalue weighted by molar-refractivity contribution is 7.21. The van der Waals surface area contributed by atoms with Crippen LogP contribution in [-0.4, -0.2) is 58.3 Å². The third-order valence-corrected chi connectivity index (χ3v) is 8.13. The van der Waals surface area contributed by atoms with Gasteiger partial charge in [0.15, 0.2) is 0 Å². The molecule has 4 rings (SSSR count). The lowest BCUT2D eigenvalue weighted by Crippen LogP contribution is -2.47. The second kappa shape index (κ2) is 13.4. The van der Waals surface area contributed by atoms with E-state index >= 15 is 0 Å². The zero-order valence-electron chi connectivity index (χ0n) is 24.5. The Bertz CT molecular complexity index is 1660. The first kappa shape index (κ1) is 31.1. The van der Waals surface area contributed by atoms with E-state index in [0.717, 1.165) is 4.57 Å². The summed E-state index contributed by atoms with van der Waals surface area (Å²) in [5.74, 6) is -0.574. The molecule has 0 saturated carbocycles. The van der Waals surface area contributed by atoms with E-state index in [1.807, 2.05) is 0 Å². The second-order valence-corrected chi connectivity index (χ2v) is 11.1. The van der Waals surface area contributed by atoms with Crippen LogP contribution in [0.2, 0.25) is 0 Å². The molecule has 0 aliphatic rings. The molecule has 0 unspecified atom stereocenters. The van der Waals surface area contributed by atoms with Crippen molar-refractivity contribution in [1.29, 1.82) is 0 Å². The van der Waals surface area contributed by atoms with Crippen molar-refractivity contribution >= 4 is 27.5 Å². The van der Waals surface area contributed by atoms with E-state index in [0.29, 0.717) is 45.1 Å². The molecule has 1 amide bonds. The minimum absolute atomic E-state index is 0.0839. The van der Waals surface area contributed by atoms with Crippen LogP contribution in [-0.2, 0) is 20.8 Å². The molecular weight excluding hydrogens is 565 g/mol. The number of hydrogen-bond acceptors (Lipinski definition) is 8. The number of halogens is 1. The number of ether oxygens (including phenoxy) is 3. The Hall–Kier alpha value is -3.81. The standard InChI is InChI=1S/C29H36FN5O6S/c1-17(2)32-25(36)19(4)35-26(37)24-18(3)27(34-12-7-11-31-34)42-28(24)33(29(35)38)16-23(41-14-8-13-39-5)21-15-20(30)9-10-22(21)40-6/h7,9-12,15,17,19,23H,8,13-14,16H2,1-6H3,(H,32,36)/t19-,23-/m0/s1. The van der Waals surface area contributed by atoms with Crippen LogP contribution in [0, 0.1) is 12.7 Å². The molecule has 1 aromatic carbocycles. The van der Waals surface area contributed by atoms with Gasteiger partial charge >= 0.3 is 5.69 Å². The van der Waals surface area contributed by atoms with E-state index in [1.165, 1.54) is 48.1 Å². The van der Waals surface area contributed by atoms with E-state index in [9.17, 15) is 18.8 Å². The summed E-state index contributed by atoms with van der Waals surface area (Å²) in [6.45, 7) is 7.51. The summed E-state index contributed by atoms with van der Waals surface area (Å²) in [4.78, 5) is 41.5. The number of amides is 1. The van der Waals surface area contributed by atoms with Gasteiger partial charge in [0.2, 0.25) is 5.91 Å². The van der Waals surface area contributed by atoms with Crippen LogP contribution in [0.5, 0.6) is 5.75 Å². The SMILES string of the molecule is COCCCO[C@@H](Cn1c(=O)n([C@@H](C)C(=O)NC(C)C)c(=O)c2c(C)c(-n3cccn3)sc21)c1cc(F)ccc1OC. The van der Waals surface area contributed by atoms with Crippen LogP contribution in [0.3, 0.4) is 0 Å². The van der Waals surface area contributed by atoms with Crippen molar-refractivity contribution in [3.05, 3.63) is 74.4 Å². The maximum Gasteiger partial charge on any atom is 0.332 e. The van der Waals surface area contributed by atoms with Crippen LogP contribution in [0.25, 0.3) is 15.2 Å². The molecule has 226 valence electrons. The number of aromatic nitrogens is 4. The molecule has 0 saturated heterocycles. The van der Waals surface area contributed by atoms with Gasteiger partial charge in [-0.15, -0.1) is 0 Å². The van der Waals surface area contributed by atoms with Gasteiger partial charge in [-0.05, 0) is 58.4 Å². The second-order valence-electron chi connectivity index (χ2n) is 10.2. The molecule has 0 radical (unpaired) electrons. The highest BCUT2D eigenvalue weighted by Crippen LogP contribution is 2.34. The number of fused-ring (bicyclic) bond motifs is 1. The summed E-state index contributed by atoms with van der Waals surface area (Å²) < 4.78 is 35.4. The number of benzene rings is 1. The average Bonchev–Trinajstić information content (AvgIpc) is 3.60. The van der Waals surface area contributed by atoms with Gasteiger partial charge in [-0.2, -0.15) is 5.10 Å². The van der Waals surface area contributed by atoms with E-state index in [-0.39, 0.29) is 19.2 Å². The molecule has 0 bridgehead atoms. The van der Waals surface area contributed by atoms with Crippen molar-refractivity contribution in [2.24, 2.45) is 0 Å². The number of hydrogen-bond donors (Lipinski definition) is 1. The Morgan fingerprint density at radius 3 is 2.57 bits per heavy atom. The molecule has 0 fully saturated rings. The highest BCUT2D eigenvalue weighted by atomic mass is 32.1. The number of carbonyl (C=O) groups excluding carboxylic acids is 1. The number of carbonyl (C=O) groups is 1. The number of aryl methyl sites for hydroxylation is 1. The molecule has 13 heteroatoms.